The number of para-hydroxylation sites is 1. The molecule has 9 nitrogen and oxygen atoms in total. The van der Waals surface area contributed by atoms with E-state index in [0.29, 0.717) is 5.16 Å². The quantitative estimate of drug-likeness (QED) is 0.348. The van der Waals surface area contributed by atoms with Crippen molar-refractivity contribution in [2.45, 2.75) is 25.6 Å². The van der Waals surface area contributed by atoms with Crippen LogP contribution < -0.4 is 11.1 Å². The number of rotatable bonds is 7. The van der Waals surface area contributed by atoms with Gasteiger partial charge in [0.05, 0.1) is 5.75 Å². The number of thioether (sulfide) groups is 1. The van der Waals surface area contributed by atoms with Gasteiger partial charge in [-0.3, -0.25) is 4.79 Å². The molecule has 0 saturated heterocycles. The summed E-state index contributed by atoms with van der Waals surface area (Å²) in [6.45, 7) is 3.65. The molecule has 3 N–H and O–H groups in total. The fraction of sp³-hybridized carbons (Fsp3) is 0.222. The summed E-state index contributed by atoms with van der Waals surface area (Å²) in [6, 6.07) is 11.3. The van der Waals surface area contributed by atoms with Crippen LogP contribution in [0.2, 0.25) is 0 Å². The minimum atomic E-state index is -0.427. The van der Waals surface area contributed by atoms with E-state index in [-0.39, 0.29) is 30.1 Å². The molecule has 0 radical (unpaired) electrons. The topological polar surface area (TPSA) is 129 Å². The molecule has 0 saturated carbocycles. The van der Waals surface area contributed by atoms with Crippen molar-refractivity contribution >= 4 is 35.3 Å². The number of esters is 1. The Morgan fingerprint density at radius 3 is 2.50 bits per heavy atom. The molecular weight excluding hydrogens is 378 g/mol. The monoisotopic (exact) mass is 397 g/mol. The molecule has 2 aromatic heterocycles. The predicted octanol–water partition coefficient (Wildman–Crippen LogP) is 2.44. The van der Waals surface area contributed by atoms with Gasteiger partial charge in [0.25, 0.3) is 0 Å². The zero-order valence-corrected chi connectivity index (χ0v) is 16.2. The average molecular weight is 397 g/mol. The zero-order valence-electron chi connectivity index (χ0n) is 15.4. The molecule has 0 aliphatic carbocycles. The first kappa shape index (κ1) is 19.5. The summed E-state index contributed by atoms with van der Waals surface area (Å²) >= 11 is 1.21. The minimum Gasteiger partial charge on any atom is -0.457 e. The molecule has 0 aliphatic heterocycles. The van der Waals surface area contributed by atoms with Crippen LogP contribution in [0.25, 0.3) is 0 Å². The van der Waals surface area contributed by atoms with Crippen molar-refractivity contribution in [3.63, 3.8) is 0 Å². The van der Waals surface area contributed by atoms with E-state index in [4.69, 9.17) is 10.5 Å². The molecule has 28 heavy (non-hydrogen) atoms. The summed E-state index contributed by atoms with van der Waals surface area (Å²) in [5.74, 6) is 0.231. The largest absolute Gasteiger partial charge is 0.457 e. The van der Waals surface area contributed by atoms with E-state index in [1.165, 1.54) is 11.8 Å². The maximum Gasteiger partial charge on any atom is 0.316 e. The third kappa shape index (κ3) is 5.88. The van der Waals surface area contributed by atoms with E-state index in [2.05, 4.69) is 30.2 Å². The molecule has 0 aliphatic rings. The molecule has 0 unspecified atom stereocenters. The normalized spacial score (nSPS) is 10.5. The molecule has 0 amide bonds. The van der Waals surface area contributed by atoms with Gasteiger partial charge >= 0.3 is 5.97 Å². The Morgan fingerprint density at radius 1 is 1.07 bits per heavy atom. The Hall–Kier alpha value is -3.27. The van der Waals surface area contributed by atoms with Crippen LogP contribution in [-0.4, -0.2) is 36.6 Å². The predicted molar refractivity (Wildman–Crippen MR) is 106 cm³/mol. The summed E-state index contributed by atoms with van der Waals surface area (Å²) in [4.78, 5) is 32.8. The fourth-order valence-electron chi connectivity index (χ4n) is 2.28. The Bertz CT molecular complexity index is 949. The minimum absolute atomic E-state index is 0.0393. The molecule has 10 heteroatoms. The van der Waals surface area contributed by atoms with Crippen LogP contribution in [0, 0.1) is 13.8 Å². The van der Waals surface area contributed by atoms with Crippen LogP contribution in [-0.2, 0) is 16.1 Å². The lowest BCUT2D eigenvalue weighted by Crippen LogP contribution is -2.12. The van der Waals surface area contributed by atoms with E-state index in [9.17, 15) is 4.79 Å². The molecule has 144 valence electrons. The van der Waals surface area contributed by atoms with Crippen LogP contribution in [0.3, 0.4) is 0 Å². The van der Waals surface area contributed by atoms with Crippen molar-refractivity contribution in [3.05, 3.63) is 53.6 Å². The highest BCUT2D eigenvalue weighted by molar-refractivity contribution is 7.99. The number of nitrogens with two attached hydrogens (primary N) is 1. The molecule has 0 atom stereocenters. The Kier molecular flexibility index (Phi) is 6.33. The van der Waals surface area contributed by atoms with E-state index < -0.39 is 5.97 Å². The molecule has 1 aromatic carbocycles. The molecule has 0 spiro atoms. The number of carbonyl (C=O) groups excluding carboxylic acids is 1. The Morgan fingerprint density at radius 2 is 1.79 bits per heavy atom. The zero-order chi connectivity index (χ0) is 19.9. The number of carbonyl (C=O) groups is 1. The van der Waals surface area contributed by atoms with Gasteiger partial charge in [0.15, 0.2) is 17.6 Å². The molecule has 2 heterocycles. The SMILES string of the molecule is Cc1cc(C)nc(SCC(=O)OCc2nc(N)nc(Nc3ccccc3)n2)n1. The van der Waals surface area contributed by atoms with Crippen LogP contribution in [0.4, 0.5) is 17.6 Å². The number of hydrogen-bond acceptors (Lipinski definition) is 10. The van der Waals surface area contributed by atoms with Gasteiger partial charge in [0, 0.05) is 17.1 Å². The number of hydrogen-bond donors (Lipinski definition) is 2. The first-order chi connectivity index (χ1) is 13.5. The van der Waals surface area contributed by atoms with Crippen molar-refractivity contribution in [3.8, 4) is 0 Å². The van der Waals surface area contributed by atoms with Gasteiger partial charge in [-0.1, -0.05) is 30.0 Å². The molecular formula is C18H19N7O2S. The van der Waals surface area contributed by atoms with Gasteiger partial charge in [-0.15, -0.1) is 0 Å². The summed E-state index contributed by atoms with van der Waals surface area (Å²) in [7, 11) is 0. The highest BCUT2D eigenvalue weighted by atomic mass is 32.2. The maximum atomic E-state index is 12.0. The summed E-state index contributed by atoms with van der Waals surface area (Å²) in [6.07, 6.45) is 0. The highest BCUT2D eigenvalue weighted by Gasteiger charge is 2.10. The Labute approximate surface area is 166 Å². The number of benzene rings is 1. The standard InChI is InChI=1S/C18H19N7O2S/c1-11-8-12(2)21-18(20-11)28-10-15(26)27-9-14-23-16(19)25-17(24-14)22-13-6-4-3-5-7-13/h3-8H,9-10H2,1-2H3,(H3,19,22,23,24,25). The maximum absolute atomic E-state index is 12.0. The lowest BCUT2D eigenvalue weighted by atomic mass is 10.3. The first-order valence-electron chi connectivity index (χ1n) is 8.41. The number of aryl methyl sites for hydroxylation is 2. The highest BCUT2D eigenvalue weighted by Crippen LogP contribution is 2.15. The van der Waals surface area contributed by atoms with Crippen molar-refractivity contribution in [1.82, 2.24) is 24.9 Å². The summed E-state index contributed by atoms with van der Waals surface area (Å²) in [5.41, 5.74) is 8.22. The van der Waals surface area contributed by atoms with Crippen LogP contribution in [0.5, 0.6) is 0 Å². The second kappa shape index (κ2) is 9.09. The van der Waals surface area contributed by atoms with E-state index in [1.54, 1.807) is 0 Å². The lowest BCUT2D eigenvalue weighted by molar-refractivity contribution is -0.141. The van der Waals surface area contributed by atoms with Crippen molar-refractivity contribution < 1.29 is 9.53 Å². The van der Waals surface area contributed by atoms with Gasteiger partial charge < -0.3 is 15.8 Å². The van der Waals surface area contributed by atoms with Crippen molar-refractivity contribution in [2.24, 2.45) is 0 Å². The van der Waals surface area contributed by atoms with Crippen molar-refractivity contribution in [2.75, 3.05) is 16.8 Å². The number of aromatic nitrogens is 5. The molecule has 0 fully saturated rings. The van der Waals surface area contributed by atoms with E-state index >= 15 is 0 Å². The molecule has 3 aromatic rings. The van der Waals surface area contributed by atoms with Gasteiger partial charge in [-0.05, 0) is 32.0 Å². The van der Waals surface area contributed by atoms with Crippen LogP contribution in [0.15, 0.2) is 41.6 Å². The van der Waals surface area contributed by atoms with Crippen molar-refractivity contribution in [1.29, 1.82) is 0 Å². The van der Waals surface area contributed by atoms with Gasteiger partial charge in [0.2, 0.25) is 11.9 Å². The van der Waals surface area contributed by atoms with E-state index in [0.717, 1.165) is 17.1 Å². The fourth-order valence-corrected chi connectivity index (χ4v) is 3.02. The number of anilines is 3. The van der Waals surface area contributed by atoms with Gasteiger partial charge in [-0.2, -0.15) is 15.0 Å². The molecule has 3 rings (SSSR count). The third-order valence-corrected chi connectivity index (χ3v) is 4.19. The molecule has 0 bridgehead atoms. The smallest absolute Gasteiger partial charge is 0.316 e. The van der Waals surface area contributed by atoms with Gasteiger partial charge in [0.1, 0.15) is 0 Å². The lowest BCUT2D eigenvalue weighted by Gasteiger charge is -2.08. The summed E-state index contributed by atoms with van der Waals surface area (Å²) in [5, 5.41) is 3.56. The average Bonchev–Trinajstić information content (AvgIpc) is 2.64. The van der Waals surface area contributed by atoms with Gasteiger partial charge in [-0.25, -0.2) is 9.97 Å². The first-order valence-corrected chi connectivity index (χ1v) is 9.40. The van der Waals surface area contributed by atoms with Crippen LogP contribution >= 0.6 is 11.8 Å². The third-order valence-electron chi connectivity index (χ3n) is 3.37. The number of ether oxygens (including phenoxy) is 1. The number of nitrogens with zero attached hydrogens (tertiary/aromatic N) is 5. The van der Waals surface area contributed by atoms with E-state index in [1.807, 2.05) is 50.2 Å². The van der Waals surface area contributed by atoms with Crippen LogP contribution in [0.1, 0.15) is 17.2 Å². The Balaban J connectivity index is 1.55. The second-order valence-electron chi connectivity index (χ2n) is 5.81. The summed E-state index contributed by atoms with van der Waals surface area (Å²) < 4.78 is 5.22. The number of nitrogen functional groups attached to an aromatic ring is 1. The second-order valence-corrected chi connectivity index (χ2v) is 6.75. The number of nitrogens with one attached hydrogen (secondary N) is 1.